The molecule has 1 aliphatic carbocycles. The Bertz CT molecular complexity index is 1720. The Balaban J connectivity index is 1.74. The number of hydrogen-bond acceptors (Lipinski definition) is 7. The molecule has 0 spiro atoms. The molecule has 0 saturated heterocycles. The van der Waals surface area contributed by atoms with Crippen LogP contribution in [0.3, 0.4) is 0 Å². The quantitative estimate of drug-likeness (QED) is 0.193. The Morgan fingerprint density at radius 2 is 1.62 bits per heavy atom. The highest BCUT2D eigenvalue weighted by atomic mass is 32.2. The molecule has 10 heteroatoms. The minimum absolute atomic E-state index is 0.0176. The summed E-state index contributed by atoms with van der Waals surface area (Å²) in [5.41, 5.74) is 1.12. The topological polar surface area (TPSA) is 105 Å². The van der Waals surface area contributed by atoms with E-state index in [4.69, 9.17) is 8.92 Å². The molecular weight excluding hydrogens is 536 g/mol. The van der Waals surface area contributed by atoms with Gasteiger partial charge in [-0.15, -0.1) is 0 Å². The normalized spacial score (nSPS) is 15.4. The van der Waals surface area contributed by atoms with Crippen LogP contribution in [0.4, 0.5) is 0 Å². The van der Waals surface area contributed by atoms with Crippen LogP contribution in [0.5, 0.6) is 5.75 Å². The fourth-order valence-corrected chi connectivity index (χ4v) is 7.25. The lowest BCUT2D eigenvalue weighted by Gasteiger charge is -2.21. The van der Waals surface area contributed by atoms with Gasteiger partial charge in [0.05, 0.1) is 18.2 Å². The number of fused-ring (bicyclic) bond motifs is 1. The van der Waals surface area contributed by atoms with Crippen molar-refractivity contribution >= 4 is 36.9 Å². The van der Waals surface area contributed by atoms with E-state index in [1.165, 1.54) is 37.6 Å². The zero-order valence-electron chi connectivity index (χ0n) is 21.8. The van der Waals surface area contributed by atoms with E-state index in [1.54, 1.807) is 48.5 Å². The van der Waals surface area contributed by atoms with Gasteiger partial charge in [-0.05, 0) is 68.2 Å². The molecule has 0 amide bonds. The molecule has 0 bridgehead atoms. The molecule has 2 aromatic carbocycles. The third kappa shape index (κ3) is 5.58. The van der Waals surface area contributed by atoms with E-state index < -0.39 is 20.1 Å². The first-order valence-corrected chi connectivity index (χ1v) is 15.6. The van der Waals surface area contributed by atoms with Crippen LogP contribution in [0.1, 0.15) is 43.4 Å². The zero-order valence-corrected chi connectivity index (χ0v) is 23.4. The van der Waals surface area contributed by atoms with Crippen molar-refractivity contribution in [3.63, 3.8) is 0 Å². The molecule has 2 heterocycles. The summed E-state index contributed by atoms with van der Waals surface area (Å²) in [6, 6.07) is 17.5. The highest BCUT2D eigenvalue weighted by molar-refractivity contribution is 7.90. The lowest BCUT2D eigenvalue weighted by Crippen LogP contribution is -2.18. The van der Waals surface area contributed by atoms with E-state index in [2.05, 4.69) is 4.98 Å². The number of nitrogens with zero attached hydrogens (tertiary/aromatic N) is 2. The molecule has 2 aromatic heterocycles. The fraction of sp³-hybridized carbons (Fsp3) is 0.276. The van der Waals surface area contributed by atoms with E-state index >= 15 is 0 Å². The third-order valence-electron chi connectivity index (χ3n) is 6.89. The maximum atomic E-state index is 14.0. The van der Waals surface area contributed by atoms with E-state index in [1.807, 2.05) is 6.92 Å². The van der Waals surface area contributed by atoms with Crippen LogP contribution >= 0.6 is 0 Å². The van der Waals surface area contributed by atoms with Crippen LogP contribution in [-0.4, -0.2) is 32.9 Å². The summed E-state index contributed by atoms with van der Waals surface area (Å²) in [5, 5.41) is 0.467. The van der Waals surface area contributed by atoms with Crippen LogP contribution < -0.4 is 4.74 Å². The van der Waals surface area contributed by atoms with Crippen molar-refractivity contribution in [2.45, 2.75) is 48.8 Å². The Kier molecular flexibility index (Phi) is 7.51. The number of aryl methyl sites for hydroxylation is 1. The number of pyridine rings is 1. The molecule has 5 rings (SSSR count). The van der Waals surface area contributed by atoms with Crippen LogP contribution in [0.25, 0.3) is 16.8 Å². The lowest BCUT2D eigenvalue weighted by molar-refractivity contribution is 0.409. The van der Waals surface area contributed by atoms with Gasteiger partial charge >= 0.3 is 10.1 Å². The van der Waals surface area contributed by atoms with Crippen molar-refractivity contribution in [1.29, 1.82) is 0 Å². The van der Waals surface area contributed by atoms with Crippen molar-refractivity contribution in [3.8, 4) is 5.75 Å². The minimum atomic E-state index is -4.27. The molecule has 0 aliphatic heterocycles. The summed E-state index contributed by atoms with van der Waals surface area (Å²) < 4.78 is 67.1. The van der Waals surface area contributed by atoms with Crippen LogP contribution in [0, 0.1) is 12.8 Å². The fourth-order valence-electron chi connectivity index (χ4n) is 4.82. The molecule has 4 aromatic rings. The SMILES string of the molecule is COc1cnc2c(c1)cc(C(=CC1CCCCC1)OS(=O)(=O)c1ccc(C)cc1)n2S(=O)(=O)c1ccccc1. The molecule has 0 atom stereocenters. The van der Waals surface area contributed by atoms with Gasteiger partial charge in [0, 0.05) is 5.39 Å². The van der Waals surface area contributed by atoms with Gasteiger partial charge in [0.1, 0.15) is 16.3 Å². The Hall–Kier alpha value is -3.63. The highest BCUT2D eigenvalue weighted by Crippen LogP contribution is 2.35. The number of benzene rings is 2. The first-order chi connectivity index (χ1) is 18.7. The van der Waals surface area contributed by atoms with Gasteiger partial charge in [0.2, 0.25) is 0 Å². The number of hydrogen-bond donors (Lipinski definition) is 0. The van der Waals surface area contributed by atoms with Gasteiger partial charge in [0.25, 0.3) is 10.0 Å². The lowest BCUT2D eigenvalue weighted by atomic mass is 9.88. The summed E-state index contributed by atoms with van der Waals surface area (Å²) in [6.45, 7) is 1.86. The van der Waals surface area contributed by atoms with Gasteiger partial charge in [-0.25, -0.2) is 17.4 Å². The van der Waals surface area contributed by atoms with Crippen molar-refractivity contribution in [3.05, 3.63) is 90.3 Å². The van der Waals surface area contributed by atoms with Crippen molar-refractivity contribution in [2.24, 2.45) is 5.92 Å². The maximum Gasteiger partial charge on any atom is 0.339 e. The van der Waals surface area contributed by atoms with Gasteiger partial charge in [-0.3, -0.25) is 0 Å². The van der Waals surface area contributed by atoms with E-state index in [-0.39, 0.29) is 32.8 Å². The molecule has 204 valence electrons. The Labute approximate surface area is 229 Å². The monoisotopic (exact) mass is 566 g/mol. The first kappa shape index (κ1) is 27.0. The first-order valence-electron chi connectivity index (χ1n) is 12.8. The molecule has 8 nitrogen and oxygen atoms in total. The molecular formula is C29H30N2O6S2. The molecule has 0 radical (unpaired) electrons. The molecule has 1 fully saturated rings. The van der Waals surface area contributed by atoms with Crippen molar-refractivity contribution in [2.75, 3.05) is 7.11 Å². The van der Waals surface area contributed by atoms with E-state index in [0.29, 0.717) is 11.1 Å². The summed E-state index contributed by atoms with van der Waals surface area (Å²) in [4.78, 5) is 4.41. The highest BCUT2D eigenvalue weighted by Gasteiger charge is 2.30. The zero-order chi connectivity index (χ0) is 27.6. The smallest absolute Gasteiger partial charge is 0.339 e. The standard InChI is InChI=1S/C29H30N2O6S2/c1-21-13-15-26(16-14-21)39(34,35)37-28(17-22-9-5-3-6-10-22)27-19-23-18-24(36-2)20-30-29(23)31(27)38(32,33)25-11-7-4-8-12-25/h4,7-8,11-20,22H,3,5-6,9-10H2,1-2H3. The number of aromatic nitrogens is 2. The van der Waals surface area contributed by atoms with Crippen LogP contribution in [0.15, 0.2) is 88.8 Å². The van der Waals surface area contributed by atoms with E-state index in [9.17, 15) is 16.8 Å². The number of allylic oxidation sites excluding steroid dienone is 1. The second-order valence-corrected chi connectivity index (χ2v) is 13.0. The van der Waals surface area contributed by atoms with Gasteiger partial charge in [-0.1, -0.05) is 55.2 Å². The summed E-state index contributed by atoms with van der Waals surface area (Å²) in [6.07, 6.45) is 8.01. The van der Waals surface area contributed by atoms with Crippen molar-refractivity contribution in [1.82, 2.24) is 8.96 Å². The Morgan fingerprint density at radius 3 is 2.28 bits per heavy atom. The molecule has 1 saturated carbocycles. The molecule has 0 unspecified atom stereocenters. The van der Waals surface area contributed by atoms with Gasteiger partial charge in [0.15, 0.2) is 11.4 Å². The largest absolute Gasteiger partial charge is 0.495 e. The minimum Gasteiger partial charge on any atom is -0.495 e. The average molecular weight is 567 g/mol. The maximum absolute atomic E-state index is 14.0. The number of rotatable bonds is 8. The molecule has 1 aliphatic rings. The van der Waals surface area contributed by atoms with Crippen LogP contribution in [-0.2, 0) is 24.3 Å². The van der Waals surface area contributed by atoms with Crippen molar-refractivity contribution < 1.29 is 25.8 Å². The average Bonchev–Trinajstić information content (AvgIpc) is 3.33. The summed E-state index contributed by atoms with van der Waals surface area (Å²) in [5.74, 6) is 0.434. The third-order valence-corrected chi connectivity index (χ3v) is 9.86. The molecule has 0 N–H and O–H groups in total. The summed E-state index contributed by atoms with van der Waals surface area (Å²) >= 11 is 0. The van der Waals surface area contributed by atoms with Gasteiger partial charge in [-0.2, -0.15) is 8.42 Å². The predicted octanol–water partition coefficient (Wildman–Crippen LogP) is 5.92. The Morgan fingerprint density at radius 1 is 0.923 bits per heavy atom. The van der Waals surface area contributed by atoms with Gasteiger partial charge < -0.3 is 8.92 Å². The predicted molar refractivity (Wildman–Crippen MR) is 149 cm³/mol. The van der Waals surface area contributed by atoms with E-state index in [0.717, 1.165) is 41.6 Å². The van der Waals surface area contributed by atoms with Crippen LogP contribution in [0.2, 0.25) is 0 Å². The molecule has 39 heavy (non-hydrogen) atoms. The number of methoxy groups -OCH3 is 1. The second kappa shape index (κ2) is 10.9. The summed E-state index contributed by atoms with van der Waals surface area (Å²) in [7, 11) is -6.97. The number of ether oxygens (including phenoxy) is 1. The second-order valence-electron chi connectivity index (χ2n) is 9.68.